The standard InChI is InChI=1S/C24H27N/c1-18-19(2)23(16-14-21-10-6-4-7-11-21)25-24(20(18)3)17-15-22-12-8-5-9-13-22/h4-13H,14-17H2,1-3H3. The number of nitrogens with zero attached hydrogens (tertiary/aromatic N) is 1. The highest BCUT2D eigenvalue weighted by Gasteiger charge is 2.11. The third-order valence-corrected chi connectivity index (χ3v) is 5.25. The van der Waals surface area contributed by atoms with Gasteiger partial charge in [0.15, 0.2) is 0 Å². The quantitative estimate of drug-likeness (QED) is 0.575. The van der Waals surface area contributed by atoms with Gasteiger partial charge < -0.3 is 0 Å². The van der Waals surface area contributed by atoms with Crippen LogP contribution in [0, 0.1) is 20.8 Å². The summed E-state index contributed by atoms with van der Waals surface area (Å²) in [6, 6.07) is 21.4. The predicted molar refractivity (Wildman–Crippen MR) is 106 cm³/mol. The fourth-order valence-corrected chi connectivity index (χ4v) is 3.35. The second-order valence-electron chi connectivity index (χ2n) is 6.85. The van der Waals surface area contributed by atoms with Crippen LogP contribution < -0.4 is 0 Å². The van der Waals surface area contributed by atoms with E-state index in [4.69, 9.17) is 4.98 Å². The maximum atomic E-state index is 5.06. The van der Waals surface area contributed by atoms with Crippen molar-refractivity contribution in [2.75, 3.05) is 0 Å². The summed E-state index contributed by atoms with van der Waals surface area (Å²) >= 11 is 0. The molecule has 1 heteroatoms. The maximum Gasteiger partial charge on any atom is 0.0442 e. The fraction of sp³-hybridized carbons (Fsp3) is 0.292. The summed E-state index contributed by atoms with van der Waals surface area (Å²) in [5, 5.41) is 0. The van der Waals surface area contributed by atoms with E-state index in [1.165, 1.54) is 39.2 Å². The molecular weight excluding hydrogens is 302 g/mol. The molecule has 3 rings (SSSR count). The Morgan fingerprint density at radius 1 is 0.520 bits per heavy atom. The Labute approximate surface area is 151 Å². The molecule has 0 fully saturated rings. The first-order chi connectivity index (χ1) is 12.1. The fourth-order valence-electron chi connectivity index (χ4n) is 3.35. The van der Waals surface area contributed by atoms with E-state index in [-0.39, 0.29) is 0 Å². The molecule has 0 aliphatic rings. The summed E-state index contributed by atoms with van der Waals surface area (Å²) in [5.74, 6) is 0. The second-order valence-corrected chi connectivity index (χ2v) is 6.85. The van der Waals surface area contributed by atoms with Crippen LogP contribution in [0.1, 0.15) is 39.2 Å². The first-order valence-corrected chi connectivity index (χ1v) is 9.18. The van der Waals surface area contributed by atoms with Gasteiger partial charge in [-0.05, 0) is 74.3 Å². The van der Waals surface area contributed by atoms with Gasteiger partial charge in [-0.25, -0.2) is 0 Å². The van der Waals surface area contributed by atoms with E-state index in [0.29, 0.717) is 0 Å². The van der Waals surface area contributed by atoms with Gasteiger partial charge in [0.2, 0.25) is 0 Å². The molecule has 3 aromatic rings. The zero-order chi connectivity index (χ0) is 17.6. The van der Waals surface area contributed by atoms with E-state index >= 15 is 0 Å². The van der Waals surface area contributed by atoms with Crippen LogP contribution in [0.25, 0.3) is 0 Å². The van der Waals surface area contributed by atoms with E-state index in [2.05, 4.69) is 81.4 Å². The van der Waals surface area contributed by atoms with Gasteiger partial charge in [0.1, 0.15) is 0 Å². The van der Waals surface area contributed by atoms with Crippen LogP contribution in [0.4, 0.5) is 0 Å². The lowest BCUT2D eigenvalue weighted by Crippen LogP contribution is -2.08. The van der Waals surface area contributed by atoms with Gasteiger partial charge in [0.25, 0.3) is 0 Å². The van der Waals surface area contributed by atoms with Crippen molar-refractivity contribution >= 4 is 0 Å². The van der Waals surface area contributed by atoms with Crippen molar-refractivity contribution in [2.24, 2.45) is 0 Å². The normalized spacial score (nSPS) is 10.8. The predicted octanol–water partition coefficient (Wildman–Crippen LogP) is 5.58. The van der Waals surface area contributed by atoms with E-state index in [1.807, 2.05) is 0 Å². The summed E-state index contributed by atoms with van der Waals surface area (Å²) < 4.78 is 0. The van der Waals surface area contributed by atoms with Crippen molar-refractivity contribution in [3.63, 3.8) is 0 Å². The topological polar surface area (TPSA) is 12.9 Å². The minimum atomic E-state index is 1.01. The lowest BCUT2D eigenvalue weighted by atomic mass is 9.96. The molecule has 0 aliphatic heterocycles. The number of aryl methyl sites for hydroxylation is 4. The zero-order valence-electron chi connectivity index (χ0n) is 15.5. The van der Waals surface area contributed by atoms with Crippen molar-refractivity contribution in [1.29, 1.82) is 0 Å². The van der Waals surface area contributed by atoms with E-state index in [0.717, 1.165) is 25.7 Å². The van der Waals surface area contributed by atoms with Crippen molar-refractivity contribution in [1.82, 2.24) is 4.98 Å². The largest absolute Gasteiger partial charge is 0.257 e. The molecule has 0 N–H and O–H groups in total. The van der Waals surface area contributed by atoms with Crippen LogP contribution in [0.2, 0.25) is 0 Å². The molecule has 0 aliphatic carbocycles. The highest BCUT2D eigenvalue weighted by atomic mass is 14.7. The molecule has 0 radical (unpaired) electrons. The molecule has 0 amide bonds. The van der Waals surface area contributed by atoms with Gasteiger partial charge in [-0.3, -0.25) is 4.98 Å². The van der Waals surface area contributed by atoms with Gasteiger partial charge in [0, 0.05) is 11.4 Å². The second kappa shape index (κ2) is 8.11. The van der Waals surface area contributed by atoms with E-state index in [1.54, 1.807) is 0 Å². The average Bonchev–Trinajstić information content (AvgIpc) is 2.66. The monoisotopic (exact) mass is 329 g/mol. The Kier molecular flexibility index (Phi) is 5.65. The summed E-state index contributed by atoms with van der Waals surface area (Å²) in [6.07, 6.45) is 4.12. The molecule has 0 bridgehead atoms. The Balaban J connectivity index is 1.77. The molecule has 0 unspecified atom stereocenters. The Bertz CT molecular complexity index is 752. The number of benzene rings is 2. The van der Waals surface area contributed by atoms with Gasteiger partial charge in [0.05, 0.1) is 0 Å². The molecule has 25 heavy (non-hydrogen) atoms. The van der Waals surface area contributed by atoms with E-state index < -0.39 is 0 Å². The molecule has 1 nitrogen and oxygen atoms in total. The van der Waals surface area contributed by atoms with Gasteiger partial charge in [-0.15, -0.1) is 0 Å². The third-order valence-electron chi connectivity index (χ3n) is 5.25. The number of hydrogen-bond donors (Lipinski definition) is 0. The number of pyridine rings is 1. The van der Waals surface area contributed by atoms with Crippen molar-refractivity contribution in [2.45, 2.75) is 46.5 Å². The molecule has 2 aromatic carbocycles. The minimum absolute atomic E-state index is 1.01. The molecule has 0 atom stereocenters. The van der Waals surface area contributed by atoms with Crippen LogP contribution in [-0.2, 0) is 25.7 Å². The molecular formula is C24H27N. The Morgan fingerprint density at radius 2 is 0.920 bits per heavy atom. The maximum absolute atomic E-state index is 5.06. The summed E-state index contributed by atoms with van der Waals surface area (Å²) in [7, 11) is 0. The SMILES string of the molecule is Cc1c(CCc2ccccc2)nc(CCc2ccccc2)c(C)c1C. The van der Waals surface area contributed by atoms with Gasteiger partial charge >= 0.3 is 0 Å². The molecule has 1 heterocycles. The third kappa shape index (κ3) is 4.36. The number of aromatic nitrogens is 1. The average molecular weight is 329 g/mol. The molecule has 0 spiro atoms. The highest BCUT2D eigenvalue weighted by molar-refractivity contribution is 5.39. The van der Waals surface area contributed by atoms with Crippen molar-refractivity contribution in [3.8, 4) is 0 Å². The van der Waals surface area contributed by atoms with Crippen LogP contribution in [-0.4, -0.2) is 4.98 Å². The Hall–Kier alpha value is -2.41. The first-order valence-electron chi connectivity index (χ1n) is 9.18. The lowest BCUT2D eigenvalue weighted by molar-refractivity contribution is 0.831. The lowest BCUT2D eigenvalue weighted by Gasteiger charge is -2.15. The molecule has 0 saturated carbocycles. The summed E-state index contributed by atoms with van der Waals surface area (Å²) in [5.41, 5.74) is 9.40. The number of hydrogen-bond acceptors (Lipinski definition) is 1. The summed E-state index contributed by atoms with van der Waals surface area (Å²) in [6.45, 7) is 6.68. The smallest absolute Gasteiger partial charge is 0.0442 e. The summed E-state index contributed by atoms with van der Waals surface area (Å²) in [4.78, 5) is 5.06. The Morgan fingerprint density at radius 3 is 1.32 bits per heavy atom. The number of rotatable bonds is 6. The van der Waals surface area contributed by atoms with Crippen LogP contribution >= 0.6 is 0 Å². The first kappa shape index (κ1) is 17.4. The van der Waals surface area contributed by atoms with Crippen molar-refractivity contribution in [3.05, 3.63) is 99.9 Å². The molecule has 0 saturated heterocycles. The zero-order valence-corrected chi connectivity index (χ0v) is 15.5. The van der Waals surface area contributed by atoms with Crippen LogP contribution in [0.5, 0.6) is 0 Å². The van der Waals surface area contributed by atoms with Crippen molar-refractivity contribution < 1.29 is 0 Å². The van der Waals surface area contributed by atoms with Gasteiger partial charge in [-0.2, -0.15) is 0 Å². The van der Waals surface area contributed by atoms with E-state index in [9.17, 15) is 0 Å². The van der Waals surface area contributed by atoms with Crippen LogP contribution in [0.3, 0.4) is 0 Å². The van der Waals surface area contributed by atoms with Gasteiger partial charge in [-0.1, -0.05) is 60.7 Å². The molecule has 1 aromatic heterocycles. The minimum Gasteiger partial charge on any atom is -0.257 e. The van der Waals surface area contributed by atoms with Crippen LogP contribution in [0.15, 0.2) is 60.7 Å². The highest BCUT2D eigenvalue weighted by Crippen LogP contribution is 2.21. The molecule has 128 valence electrons.